The van der Waals surface area contributed by atoms with Gasteiger partial charge in [0.1, 0.15) is 5.69 Å². The van der Waals surface area contributed by atoms with Crippen molar-refractivity contribution in [2.24, 2.45) is 0 Å². The van der Waals surface area contributed by atoms with Gasteiger partial charge in [0.2, 0.25) is 5.91 Å². The fraction of sp³-hybridized carbons (Fsp3) is 0.556. The van der Waals surface area contributed by atoms with Crippen LogP contribution in [0.2, 0.25) is 0 Å². The zero-order valence-corrected chi connectivity index (χ0v) is 15.0. The molecule has 8 heteroatoms. The number of benzene rings is 1. The molecule has 2 saturated heterocycles. The average Bonchev–Trinajstić information content (AvgIpc) is 3.16. The van der Waals surface area contributed by atoms with Crippen LogP contribution in [0.15, 0.2) is 18.2 Å². The summed E-state index contributed by atoms with van der Waals surface area (Å²) >= 11 is 0. The summed E-state index contributed by atoms with van der Waals surface area (Å²) in [5.74, 6) is -0.0161. The summed E-state index contributed by atoms with van der Waals surface area (Å²) in [5, 5.41) is 11.4. The number of hydrogen-bond donors (Lipinski definition) is 0. The predicted octanol–water partition coefficient (Wildman–Crippen LogP) is 1.54. The summed E-state index contributed by atoms with van der Waals surface area (Å²) in [4.78, 5) is 40.7. The first kappa shape index (κ1) is 18.3. The van der Waals surface area contributed by atoms with Crippen LogP contribution >= 0.6 is 0 Å². The van der Waals surface area contributed by atoms with Crippen molar-refractivity contribution in [2.45, 2.75) is 19.8 Å². The zero-order chi connectivity index (χ0) is 18.7. The molecule has 0 atom stereocenters. The number of hydrogen-bond acceptors (Lipinski definition) is 6. The zero-order valence-electron chi connectivity index (χ0n) is 15.0. The molecule has 0 saturated carbocycles. The van der Waals surface area contributed by atoms with Crippen LogP contribution in [0.25, 0.3) is 0 Å². The Kier molecular flexibility index (Phi) is 5.51. The van der Waals surface area contributed by atoms with E-state index in [1.165, 1.54) is 13.0 Å². The van der Waals surface area contributed by atoms with E-state index in [1.807, 2.05) is 9.80 Å². The Morgan fingerprint density at radius 2 is 1.73 bits per heavy atom. The number of amides is 1. The summed E-state index contributed by atoms with van der Waals surface area (Å²) in [6.07, 6.45) is 2.17. The molecule has 2 aliphatic heterocycles. The van der Waals surface area contributed by atoms with Gasteiger partial charge in [-0.2, -0.15) is 0 Å². The number of Topliss-reactive ketones (excluding diaryl/α,β-unsaturated/α-hetero) is 1. The maximum Gasteiger partial charge on any atom is 0.293 e. The molecule has 1 aromatic rings. The van der Waals surface area contributed by atoms with Crippen LogP contribution < -0.4 is 4.90 Å². The second-order valence-corrected chi connectivity index (χ2v) is 6.87. The Morgan fingerprint density at radius 3 is 2.31 bits per heavy atom. The highest BCUT2D eigenvalue weighted by atomic mass is 16.6. The maximum atomic E-state index is 12.3. The van der Waals surface area contributed by atoms with Crippen LogP contribution in [0.3, 0.4) is 0 Å². The molecule has 0 aromatic heterocycles. The van der Waals surface area contributed by atoms with Crippen LogP contribution in [-0.4, -0.2) is 72.2 Å². The Bertz CT molecular complexity index is 707. The van der Waals surface area contributed by atoms with Crippen LogP contribution in [0.1, 0.15) is 30.1 Å². The van der Waals surface area contributed by atoms with Crippen molar-refractivity contribution in [3.05, 3.63) is 33.9 Å². The molecular formula is C18H24N4O4. The predicted molar refractivity (Wildman–Crippen MR) is 97.6 cm³/mol. The quantitative estimate of drug-likeness (QED) is 0.450. The number of piperazine rings is 1. The van der Waals surface area contributed by atoms with Gasteiger partial charge in [0.05, 0.1) is 11.5 Å². The molecule has 140 valence electrons. The fourth-order valence-corrected chi connectivity index (χ4v) is 3.56. The third kappa shape index (κ3) is 4.01. The van der Waals surface area contributed by atoms with Gasteiger partial charge in [-0.05, 0) is 31.9 Å². The molecular weight excluding hydrogens is 336 g/mol. The monoisotopic (exact) mass is 360 g/mol. The fourth-order valence-electron chi connectivity index (χ4n) is 3.56. The van der Waals surface area contributed by atoms with Gasteiger partial charge < -0.3 is 9.80 Å². The molecule has 0 unspecified atom stereocenters. The largest absolute Gasteiger partial charge is 0.363 e. The minimum Gasteiger partial charge on any atom is -0.363 e. The standard InChI is InChI=1S/C18H24N4O4/c1-14(23)15-4-5-16(17(12-15)22(25)26)20-10-8-19(9-11-20)13-18(24)21-6-2-3-7-21/h4-5,12H,2-3,6-11,13H2,1H3. The molecule has 2 fully saturated rings. The van der Waals surface area contributed by atoms with Crippen molar-refractivity contribution in [1.82, 2.24) is 9.80 Å². The van der Waals surface area contributed by atoms with Gasteiger partial charge in [-0.3, -0.25) is 24.6 Å². The highest BCUT2D eigenvalue weighted by Crippen LogP contribution is 2.30. The number of nitro benzene ring substituents is 1. The Labute approximate surface area is 152 Å². The molecule has 0 bridgehead atoms. The molecule has 8 nitrogen and oxygen atoms in total. The van der Waals surface area contributed by atoms with Crippen molar-refractivity contribution in [3.8, 4) is 0 Å². The van der Waals surface area contributed by atoms with Gasteiger partial charge >= 0.3 is 0 Å². The summed E-state index contributed by atoms with van der Waals surface area (Å²) in [7, 11) is 0. The third-order valence-corrected chi connectivity index (χ3v) is 5.11. The number of nitrogens with zero attached hydrogens (tertiary/aromatic N) is 4. The second-order valence-electron chi connectivity index (χ2n) is 6.87. The average molecular weight is 360 g/mol. The van der Waals surface area contributed by atoms with Crippen molar-refractivity contribution in [2.75, 3.05) is 50.7 Å². The molecule has 0 aliphatic carbocycles. The van der Waals surface area contributed by atoms with Crippen molar-refractivity contribution >= 4 is 23.1 Å². The molecule has 1 amide bonds. The van der Waals surface area contributed by atoms with E-state index < -0.39 is 4.92 Å². The van der Waals surface area contributed by atoms with Crippen LogP contribution in [0.5, 0.6) is 0 Å². The van der Waals surface area contributed by atoms with Gasteiger partial charge in [-0.25, -0.2) is 0 Å². The van der Waals surface area contributed by atoms with Gasteiger partial charge in [0.15, 0.2) is 5.78 Å². The molecule has 0 radical (unpaired) electrons. The molecule has 0 spiro atoms. The summed E-state index contributed by atoms with van der Waals surface area (Å²) in [6, 6.07) is 4.63. The normalized spacial score (nSPS) is 18.2. The Balaban J connectivity index is 1.63. The second kappa shape index (κ2) is 7.82. The molecule has 0 N–H and O–H groups in total. The van der Waals surface area contributed by atoms with Gasteiger partial charge in [0.25, 0.3) is 5.69 Å². The maximum absolute atomic E-state index is 12.3. The first-order valence-electron chi connectivity index (χ1n) is 9.00. The number of carbonyl (C=O) groups is 2. The van der Waals surface area contributed by atoms with Crippen molar-refractivity contribution in [1.29, 1.82) is 0 Å². The SMILES string of the molecule is CC(=O)c1ccc(N2CCN(CC(=O)N3CCCC3)CC2)c([N+](=O)[O-])c1. The number of anilines is 1. The van der Waals surface area contributed by atoms with Gasteiger partial charge in [0, 0.05) is 50.9 Å². The van der Waals surface area contributed by atoms with Crippen LogP contribution in [0.4, 0.5) is 11.4 Å². The molecule has 26 heavy (non-hydrogen) atoms. The lowest BCUT2D eigenvalue weighted by Gasteiger charge is -2.36. The molecule has 2 heterocycles. The third-order valence-electron chi connectivity index (χ3n) is 5.11. The lowest BCUT2D eigenvalue weighted by molar-refractivity contribution is -0.384. The lowest BCUT2D eigenvalue weighted by Crippen LogP contribution is -2.50. The highest BCUT2D eigenvalue weighted by molar-refractivity contribution is 5.95. The van der Waals surface area contributed by atoms with E-state index in [4.69, 9.17) is 0 Å². The van der Waals surface area contributed by atoms with E-state index in [0.717, 1.165) is 25.9 Å². The van der Waals surface area contributed by atoms with E-state index in [0.29, 0.717) is 44.0 Å². The van der Waals surface area contributed by atoms with Crippen LogP contribution in [-0.2, 0) is 4.79 Å². The molecule has 3 rings (SSSR count). The van der Waals surface area contributed by atoms with E-state index in [-0.39, 0.29) is 17.4 Å². The lowest BCUT2D eigenvalue weighted by atomic mass is 10.1. The minimum atomic E-state index is -0.439. The first-order valence-corrected chi connectivity index (χ1v) is 9.00. The molecule has 1 aromatic carbocycles. The summed E-state index contributed by atoms with van der Waals surface area (Å²) < 4.78 is 0. The topological polar surface area (TPSA) is 87.0 Å². The van der Waals surface area contributed by atoms with Gasteiger partial charge in [-0.1, -0.05) is 0 Å². The van der Waals surface area contributed by atoms with Crippen LogP contribution in [0, 0.1) is 10.1 Å². The Morgan fingerprint density at radius 1 is 1.08 bits per heavy atom. The smallest absolute Gasteiger partial charge is 0.293 e. The summed E-state index contributed by atoms with van der Waals surface area (Å²) in [5.41, 5.74) is 0.833. The van der Waals surface area contributed by atoms with E-state index >= 15 is 0 Å². The van der Waals surface area contributed by atoms with E-state index in [2.05, 4.69) is 4.90 Å². The summed E-state index contributed by atoms with van der Waals surface area (Å²) in [6.45, 7) is 6.13. The number of rotatable bonds is 5. The minimum absolute atomic E-state index is 0.0423. The highest BCUT2D eigenvalue weighted by Gasteiger charge is 2.27. The van der Waals surface area contributed by atoms with Crippen molar-refractivity contribution in [3.63, 3.8) is 0 Å². The number of likely N-dealkylation sites (tertiary alicyclic amines) is 1. The van der Waals surface area contributed by atoms with E-state index in [9.17, 15) is 19.7 Å². The van der Waals surface area contributed by atoms with Gasteiger partial charge in [-0.15, -0.1) is 0 Å². The number of nitro groups is 1. The van der Waals surface area contributed by atoms with E-state index in [1.54, 1.807) is 12.1 Å². The van der Waals surface area contributed by atoms with Crippen molar-refractivity contribution < 1.29 is 14.5 Å². The molecule has 2 aliphatic rings. The number of ketones is 1. The Hall–Kier alpha value is -2.48. The first-order chi connectivity index (χ1) is 12.5. The number of carbonyl (C=O) groups excluding carboxylic acids is 2.